The van der Waals surface area contributed by atoms with Crippen LogP contribution in [0.2, 0.25) is 0 Å². The molecule has 1 saturated heterocycles. The number of aromatic nitrogens is 1. The Hall–Kier alpha value is -3.52. The maximum atomic E-state index is 13.6. The Balaban J connectivity index is 1.41. The van der Waals surface area contributed by atoms with Crippen LogP contribution >= 0.6 is 0 Å². The van der Waals surface area contributed by atoms with Gasteiger partial charge in [-0.3, -0.25) is 9.59 Å². The first-order valence-electron chi connectivity index (χ1n) is 13.2. The SMILES string of the molecule is Cc1noc(=O)c2ccc(NC(=O)C(O)(Cc3cccc(C(=O)N4CCCCC4)c3)C3CCCC3)cc12. The van der Waals surface area contributed by atoms with Crippen LogP contribution in [0, 0.1) is 12.8 Å². The van der Waals surface area contributed by atoms with Crippen LogP contribution < -0.4 is 10.9 Å². The van der Waals surface area contributed by atoms with Crippen molar-refractivity contribution in [2.75, 3.05) is 18.4 Å². The van der Waals surface area contributed by atoms with Crippen LogP contribution in [0.25, 0.3) is 10.8 Å². The van der Waals surface area contributed by atoms with Crippen molar-refractivity contribution in [3.8, 4) is 0 Å². The van der Waals surface area contributed by atoms with Crippen molar-refractivity contribution in [1.82, 2.24) is 10.1 Å². The molecule has 1 aliphatic carbocycles. The molecule has 2 fully saturated rings. The summed E-state index contributed by atoms with van der Waals surface area (Å²) >= 11 is 0. The highest BCUT2D eigenvalue weighted by molar-refractivity contribution is 6.00. The van der Waals surface area contributed by atoms with Gasteiger partial charge in [-0.2, -0.15) is 0 Å². The summed E-state index contributed by atoms with van der Waals surface area (Å²) in [5.41, 5.74) is 0.167. The number of likely N-dealkylation sites (tertiary alicyclic amines) is 1. The van der Waals surface area contributed by atoms with Gasteiger partial charge >= 0.3 is 5.63 Å². The number of hydrogen-bond acceptors (Lipinski definition) is 6. The van der Waals surface area contributed by atoms with E-state index in [1.165, 1.54) is 0 Å². The predicted molar refractivity (Wildman–Crippen MR) is 140 cm³/mol. The van der Waals surface area contributed by atoms with Gasteiger partial charge in [0, 0.05) is 36.1 Å². The number of carbonyl (C=O) groups is 2. The van der Waals surface area contributed by atoms with Crippen LogP contribution in [0.5, 0.6) is 0 Å². The molecular formula is C29H33N3O5. The number of piperidine rings is 1. The molecule has 1 aromatic heterocycles. The van der Waals surface area contributed by atoms with E-state index in [4.69, 9.17) is 4.52 Å². The minimum absolute atomic E-state index is 0.0000257. The number of nitrogens with one attached hydrogen (secondary N) is 1. The highest BCUT2D eigenvalue weighted by Gasteiger charge is 2.45. The van der Waals surface area contributed by atoms with E-state index in [0.29, 0.717) is 27.7 Å². The van der Waals surface area contributed by atoms with Gasteiger partial charge in [0.2, 0.25) is 0 Å². The van der Waals surface area contributed by atoms with Gasteiger partial charge in [0.05, 0.1) is 11.1 Å². The van der Waals surface area contributed by atoms with E-state index >= 15 is 0 Å². The third-order valence-electron chi connectivity index (χ3n) is 7.87. The fourth-order valence-electron chi connectivity index (χ4n) is 5.77. The van der Waals surface area contributed by atoms with Crippen LogP contribution in [0.4, 0.5) is 5.69 Å². The Labute approximate surface area is 215 Å². The molecule has 2 N–H and O–H groups in total. The molecule has 0 radical (unpaired) electrons. The number of aliphatic hydroxyl groups is 1. The van der Waals surface area contributed by atoms with E-state index in [-0.39, 0.29) is 18.2 Å². The number of nitrogens with zero attached hydrogens (tertiary/aromatic N) is 2. The lowest BCUT2D eigenvalue weighted by molar-refractivity contribution is -0.139. The van der Waals surface area contributed by atoms with Gasteiger partial charge in [-0.1, -0.05) is 30.1 Å². The minimum Gasteiger partial charge on any atom is -0.379 e. The van der Waals surface area contributed by atoms with Crippen LogP contribution in [0.15, 0.2) is 51.8 Å². The molecule has 8 heteroatoms. The summed E-state index contributed by atoms with van der Waals surface area (Å²) < 4.78 is 4.79. The zero-order valence-corrected chi connectivity index (χ0v) is 21.2. The third-order valence-corrected chi connectivity index (χ3v) is 7.87. The monoisotopic (exact) mass is 503 g/mol. The summed E-state index contributed by atoms with van der Waals surface area (Å²) in [7, 11) is 0. The lowest BCUT2D eigenvalue weighted by Crippen LogP contribution is -2.50. The Morgan fingerprint density at radius 3 is 2.57 bits per heavy atom. The summed E-state index contributed by atoms with van der Waals surface area (Å²) in [6, 6.07) is 12.2. The van der Waals surface area contributed by atoms with E-state index in [0.717, 1.165) is 63.6 Å². The van der Waals surface area contributed by atoms with E-state index in [1.807, 2.05) is 23.1 Å². The van der Waals surface area contributed by atoms with Gasteiger partial charge in [-0.15, -0.1) is 0 Å². The Morgan fingerprint density at radius 1 is 1.05 bits per heavy atom. The van der Waals surface area contributed by atoms with Gasteiger partial charge in [0.25, 0.3) is 11.8 Å². The van der Waals surface area contributed by atoms with Gasteiger partial charge in [0.1, 0.15) is 5.60 Å². The van der Waals surface area contributed by atoms with Gasteiger partial charge in [-0.25, -0.2) is 4.79 Å². The molecule has 2 heterocycles. The highest BCUT2D eigenvalue weighted by Crippen LogP contribution is 2.37. The summed E-state index contributed by atoms with van der Waals surface area (Å²) in [5, 5.41) is 19.5. The van der Waals surface area contributed by atoms with Crippen LogP contribution in [0.1, 0.15) is 66.6 Å². The van der Waals surface area contributed by atoms with Gasteiger partial charge < -0.3 is 19.8 Å². The zero-order chi connectivity index (χ0) is 26.0. The van der Waals surface area contributed by atoms with E-state index in [9.17, 15) is 19.5 Å². The Bertz CT molecular complexity index is 1370. The summed E-state index contributed by atoms with van der Waals surface area (Å²) in [6.07, 6.45) is 6.74. The molecule has 0 spiro atoms. The van der Waals surface area contributed by atoms with Crippen molar-refractivity contribution in [2.24, 2.45) is 5.92 Å². The summed E-state index contributed by atoms with van der Waals surface area (Å²) in [4.78, 5) is 40.6. The molecule has 2 amide bonds. The van der Waals surface area contributed by atoms with Crippen molar-refractivity contribution in [3.63, 3.8) is 0 Å². The molecule has 1 saturated carbocycles. The molecule has 1 aliphatic heterocycles. The fourth-order valence-corrected chi connectivity index (χ4v) is 5.77. The maximum absolute atomic E-state index is 13.6. The molecule has 194 valence electrons. The summed E-state index contributed by atoms with van der Waals surface area (Å²) in [6.45, 7) is 3.25. The largest absolute Gasteiger partial charge is 0.379 e. The van der Waals surface area contributed by atoms with E-state index in [2.05, 4.69) is 10.5 Å². The normalized spacial score (nSPS) is 18.1. The number of fused-ring (bicyclic) bond motifs is 1. The van der Waals surface area contributed by atoms with Crippen molar-refractivity contribution in [2.45, 2.75) is 63.9 Å². The number of aryl methyl sites for hydroxylation is 1. The second-order valence-corrected chi connectivity index (χ2v) is 10.4. The average Bonchev–Trinajstić information content (AvgIpc) is 3.47. The fraction of sp³-hybridized carbons (Fsp3) is 0.448. The van der Waals surface area contributed by atoms with Crippen molar-refractivity contribution >= 4 is 28.3 Å². The van der Waals surface area contributed by atoms with Crippen molar-refractivity contribution in [3.05, 3.63) is 69.7 Å². The zero-order valence-electron chi connectivity index (χ0n) is 21.2. The molecule has 1 atom stereocenters. The van der Waals surface area contributed by atoms with Gasteiger partial charge in [-0.05, 0) is 80.8 Å². The molecule has 5 rings (SSSR count). The maximum Gasteiger partial charge on any atom is 0.366 e. The van der Waals surface area contributed by atoms with Crippen LogP contribution in [-0.4, -0.2) is 45.7 Å². The number of amides is 2. The Morgan fingerprint density at radius 2 is 1.81 bits per heavy atom. The van der Waals surface area contributed by atoms with Crippen molar-refractivity contribution < 1.29 is 19.2 Å². The quantitative estimate of drug-likeness (QED) is 0.521. The van der Waals surface area contributed by atoms with E-state index in [1.54, 1.807) is 31.2 Å². The number of carbonyl (C=O) groups excluding carboxylic acids is 2. The molecule has 0 bridgehead atoms. The standard InChI is InChI=1S/C29H33N3O5/c1-19-25-17-23(12-13-24(25)27(34)37-31-19)30-28(35)29(36,22-10-3-4-11-22)18-20-8-7-9-21(16-20)26(33)32-14-5-2-6-15-32/h7-9,12-13,16-17,22,36H,2-6,10-11,14-15,18H2,1H3,(H,30,35). The first-order valence-corrected chi connectivity index (χ1v) is 13.2. The van der Waals surface area contributed by atoms with Crippen molar-refractivity contribution in [1.29, 1.82) is 0 Å². The number of anilines is 1. The number of benzene rings is 2. The van der Waals surface area contributed by atoms with Crippen LogP contribution in [0.3, 0.4) is 0 Å². The second kappa shape index (κ2) is 10.5. The third kappa shape index (κ3) is 5.16. The van der Waals surface area contributed by atoms with Gasteiger partial charge in [0.15, 0.2) is 0 Å². The lowest BCUT2D eigenvalue weighted by Gasteiger charge is -2.33. The molecule has 2 aliphatic rings. The molecule has 1 unspecified atom stereocenters. The molecule has 8 nitrogen and oxygen atoms in total. The lowest BCUT2D eigenvalue weighted by atomic mass is 9.80. The number of rotatable bonds is 6. The Kier molecular flexibility index (Phi) is 7.11. The molecular weight excluding hydrogens is 470 g/mol. The second-order valence-electron chi connectivity index (χ2n) is 10.4. The first-order chi connectivity index (χ1) is 17.8. The molecule has 2 aromatic carbocycles. The summed E-state index contributed by atoms with van der Waals surface area (Å²) in [5.74, 6) is -0.676. The first kappa shape index (κ1) is 25.1. The highest BCUT2D eigenvalue weighted by atomic mass is 16.5. The topological polar surface area (TPSA) is 113 Å². The van der Waals surface area contributed by atoms with Crippen LogP contribution in [-0.2, 0) is 11.2 Å². The average molecular weight is 504 g/mol. The predicted octanol–water partition coefficient (Wildman–Crippen LogP) is 4.23. The number of hydrogen-bond donors (Lipinski definition) is 2. The molecule has 37 heavy (non-hydrogen) atoms. The van der Waals surface area contributed by atoms with E-state index < -0.39 is 17.1 Å². The smallest absolute Gasteiger partial charge is 0.366 e. The molecule has 3 aromatic rings. The minimum atomic E-state index is -1.64.